The van der Waals surface area contributed by atoms with Crippen molar-refractivity contribution in [2.24, 2.45) is 5.73 Å². The number of nitrogen functional groups attached to an aromatic ring is 2. The van der Waals surface area contributed by atoms with E-state index >= 15 is 0 Å². The van der Waals surface area contributed by atoms with Crippen LogP contribution >= 0.6 is 11.3 Å². The molecule has 0 unspecified atom stereocenters. The third-order valence-electron chi connectivity index (χ3n) is 3.88. The molecule has 0 aliphatic rings. The van der Waals surface area contributed by atoms with Gasteiger partial charge >= 0.3 is 0 Å². The van der Waals surface area contributed by atoms with Gasteiger partial charge < -0.3 is 11.5 Å². The molecule has 0 spiro atoms. The Morgan fingerprint density at radius 2 is 1.80 bits per heavy atom. The molecule has 1 aromatic heterocycles. The molecule has 5 N–H and O–H groups in total. The molecule has 0 fully saturated rings. The number of nitrogens with two attached hydrogens (primary N) is 2. The van der Waals surface area contributed by atoms with Gasteiger partial charge in [-0.1, -0.05) is 36.4 Å². The molecule has 5 nitrogen and oxygen atoms in total. The number of hydrogen-bond donors (Lipinski definition) is 3. The fraction of sp³-hybridized carbons (Fsp3) is 0.0556. The van der Waals surface area contributed by atoms with E-state index in [-0.39, 0.29) is 20.6 Å². The van der Waals surface area contributed by atoms with Gasteiger partial charge in [0.15, 0.2) is 0 Å². The van der Waals surface area contributed by atoms with Crippen molar-refractivity contribution in [1.82, 2.24) is 0 Å². The lowest BCUT2D eigenvalue weighted by molar-refractivity contribution is 0.597. The molecule has 3 rings (SSSR count). The summed E-state index contributed by atoms with van der Waals surface area (Å²) in [6.45, 7) is 1.98. The molecule has 0 saturated carbocycles. The molecule has 1 heterocycles. The van der Waals surface area contributed by atoms with Crippen LogP contribution in [-0.4, -0.2) is 14.3 Å². The Kier molecular flexibility index (Phi) is 4.36. The first-order valence-electron chi connectivity index (χ1n) is 7.45. The van der Waals surface area contributed by atoms with Gasteiger partial charge in [0.05, 0.1) is 9.77 Å². The zero-order chi connectivity index (χ0) is 18.2. The normalized spacial score (nSPS) is 11.4. The number of benzene rings is 2. The topological polar surface area (TPSA) is 110 Å². The first kappa shape index (κ1) is 17.2. The molecule has 0 radical (unpaired) electrons. The first-order valence-corrected chi connectivity index (χ1v) is 9.75. The predicted octanol–water partition coefficient (Wildman–Crippen LogP) is 3.42. The highest BCUT2D eigenvalue weighted by Crippen LogP contribution is 2.34. The second kappa shape index (κ2) is 6.34. The highest BCUT2D eigenvalue weighted by Gasteiger charge is 2.24. The van der Waals surface area contributed by atoms with E-state index < -0.39 is 9.84 Å². The summed E-state index contributed by atoms with van der Waals surface area (Å²) in [5, 5.41) is 7.59. The second-order valence-electron chi connectivity index (χ2n) is 5.60. The van der Waals surface area contributed by atoms with E-state index in [1.807, 2.05) is 37.3 Å². The second-order valence-corrected chi connectivity index (χ2v) is 8.60. The summed E-state index contributed by atoms with van der Waals surface area (Å²) < 4.78 is 25.9. The van der Waals surface area contributed by atoms with Crippen molar-refractivity contribution >= 4 is 32.0 Å². The fourth-order valence-corrected chi connectivity index (χ4v) is 5.13. The Labute approximate surface area is 150 Å². The maximum absolute atomic E-state index is 13.0. The number of anilines is 1. The molecule has 128 valence electrons. The maximum atomic E-state index is 13.0. The molecule has 7 heteroatoms. The SMILES string of the molecule is Cc1ccccc1-c1cccc(S(=O)(=O)c2cc(C(=N)N)sc2N)c1. The van der Waals surface area contributed by atoms with Crippen LogP contribution in [0, 0.1) is 12.3 Å². The lowest BCUT2D eigenvalue weighted by atomic mass is 10.0. The van der Waals surface area contributed by atoms with Crippen molar-refractivity contribution < 1.29 is 8.42 Å². The van der Waals surface area contributed by atoms with Crippen LogP contribution in [0.5, 0.6) is 0 Å². The Balaban J connectivity index is 2.12. The van der Waals surface area contributed by atoms with Gasteiger partial charge in [-0.2, -0.15) is 0 Å². The molecule has 0 aliphatic carbocycles. The number of hydrogen-bond acceptors (Lipinski definition) is 5. The summed E-state index contributed by atoms with van der Waals surface area (Å²) >= 11 is 0.996. The summed E-state index contributed by atoms with van der Waals surface area (Å²) in [5.74, 6) is -0.202. The fourth-order valence-electron chi connectivity index (χ4n) is 2.59. The van der Waals surface area contributed by atoms with Crippen LogP contribution in [-0.2, 0) is 9.84 Å². The molecule has 0 aliphatic heterocycles. The van der Waals surface area contributed by atoms with E-state index in [9.17, 15) is 8.42 Å². The molecule has 0 saturated heterocycles. The summed E-state index contributed by atoms with van der Waals surface area (Å²) in [4.78, 5) is 0.489. The third-order valence-corrected chi connectivity index (χ3v) is 6.80. The summed E-state index contributed by atoms with van der Waals surface area (Å²) in [6.07, 6.45) is 0. The molecular formula is C18H17N3O2S2. The Hall–Kier alpha value is -2.64. The minimum atomic E-state index is -3.79. The monoisotopic (exact) mass is 371 g/mol. The highest BCUT2D eigenvalue weighted by atomic mass is 32.2. The van der Waals surface area contributed by atoms with Crippen LogP contribution in [0.1, 0.15) is 10.4 Å². The van der Waals surface area contributed by atoms with Crippen LogP contribution in [0.2, 0.25) is 0 Å². The van der Waals surface area contributed by atoms with E-state index in [4.69, 9.17) is 16.9 Å². The molecule has 0 bridgehead atoms. The third kappa shape index (κ3) is 3.16. The molecular weight excluding hydrogens is 354 g/mol. The number of sulfone groups is 1. The van der Waals surface area contributed by atoms with Crippen molar-refractivity contribution in [1.29, 1.82) is 5.41 Å². The van der Waals surface area contributed by atoms with Crippen molar-refractivity contribution in [2.45, 2.75) is 16.7 Å². The number of amidine groups is 1. The van der Waals surface area contributed by atoms with E-state index in [1.54, 1.807) is 18.2 Å². The maximum Gasteiger partial charge on any atom is 0.209 e. The number of rotatable bonds is 4. The summed E-state index contributed by atoms with van der Waals surface area (Å²) in [5.41, 5.74) is 14.2. The van der Waals surface area contributed by atoms with Crippen molar-refractivity contribution in [2.75, 3.05) is 5.73 Å². The van der Waals surface area contributed by atoms with Crippen molar-refractivity contribution in [3.05, 3.63) is 65.0 Å². The lowest BCUT2D eigenvalue weighted by Gasteiger charge is -2.09. The van der Waals surface area contributed by atoms with Crippen LogP contribution in [0.4, 0.5) is 5.00 Å². The summed E-state index contributed by atoms with van der Waals surface area (Å²) in [6, 6.07) is 15.9. The highest BCUT2D eigenvalue weighted by molar-refractivity contribution is 7.91. The number of thiophene rings is 1. The molecule has 0 atom stereocenters. The van der Waals surface area contributed by atoms with E-state index in [2.05, 4.69) is 0 Å². The molecule has 0 amide bonds. The average Bonchev–Trinajstić information content (AvgIpc) is 2.98. The molecule has 25 heavy (non-hydrogen) atoms. The quantitative estimate of drug-likeness (QED) is 0.482. The molecule has 2 aromatic carbocycles. The lowest BCUT2D eigenvalue weighted by Crippen LogP contribution is -2.08. The zero-order valence-corrected chi connectivity index (χ0v) is 15.1. The average molecular weight is 371 g/mol. The van der Waals surface area contributed by atoms with Gasteiger partial charge in [0.1, 0.15) is 15.7 Å². The van der Waals surface area contributed by atoms with Gasteiger partial charge in [-0.25, -0.2) is 8.42 Å². The van der Waals surface area contributed by atoms with Crippen LogP contribution in [0.3, 0.4) is 0 Å². The summed E-state index contributed by atoms with van der Waals surface area (Å²) in [7, 11) is -3.79. The first-order chi connectivity index (χ1) is 11.8. The minimum Gasteiger partial charge on any atom is -0.389 e. The van der Waals surface area contributed by atoms with Crippen LogP contribution in [0.25, 0.3) is 11.1 Å². The largest absolute Gasteiger partial charge is 0.389 e. The predicted molar refractivity (Wildman–Crippen MR) is 102 cm³/mol. The van der Waals surface area contributed by atoms with Gasteiger partial charge in [0.2, 0.25) is 9.84 Å². The van der Waals surface area contributed by atoms with Gasteiger partial charge in [-0.3, -0.25) is 5.41 Å². The van der Waals surface area contributed by atoms with E-state index in [0.29, 0.717) is 4.88 Å². The Morgan fingerprint density at radius 1 is 1.08 bits per heavy atom. The van der Waals surface area contributed by atoms with Crippen molar-refractivity contribution in [3.8, 4) is 11.1 Å². The van der Waals surface area contributed by atoms with Gasteiger partial charge in [-0.05, 0) is 41.8 Å². The van der Waals surface area contributed by atoms with Gasteiger partial charge in [0.25, 0.3) is 0 Å². The number of aryl methyl sites for hydroxylation is 1. The number of nitrogens with one attached hydrogen (secondary N) is 1. The van der Waals surface area contributed by atoms with Gasteiger partial charge in [-0.15, -0.1) is 11.3 Å². The van der Waals surface area contributed by atoms with Crippen molar-refractivity contribution in [3.63, 3.8) is 0 Å². The molecule has 3 aromatic rings. The van der Waals surface area contributed by atoms with E-state index in [0.717, 1.165) is 28.0 Å². The Morgan fingerprint density at radius 3 is 2.44 bits per heavy atom. The van der Waals surface area contributed by atoms with Crippen LogP contribution < -0.4 is 11.5 Å². The Bertz CT molecular complexity index is 1070. The van der Waals surface area contributed by atoms with Crippen LogP contribution in [0.15, 0.2) is 64.4 Å². The van der Waals surface area contributed by atoms with Gasteiger partial charge in [0, 0.05) is 0 Å². The minimum absolute atomic E-state index is 0.00960. The standard InChI is InChI=1S/C18H17N3O2S2/c1-11-5-2-3-8-14(11)12-6-4-7-13(9-12)25(22,23)16-10-15(17(19)20)24-18(16)21/h2-10H,21H2,1H3,(H3,19,20). The van der Waals surface area contributed by atoms with E-state index in [1.165, 1.54) is 6.07 Å². The smallest absolute Gasteiger partial charge is 0.209 e. The zero-order valence-electron chi connectivity index (χ0n) is 13.5.